The van der Waals surface area contributed by atoms with Crippen LogP contribution in [0.4, 0.5) is 5.69 Å². The van der Waals surface area contributed by atoms with Crippen LogP contribution in [0, 0.1) is 17.8 Å². The van der Waals surface area contributed by atoms with Gasteiger partial charge in [-0.3, -0.25) is 14.4 Å². The van der Waals surface area contributed by atoms with Crippen LogP contribution >= 0.6 is 11.6 Å². The fraction of sp³-hybridized carbons (Fsp3) is 0.472. The summed E-state index contributed by atoms with van der Waals surface area (Å²) in [4.78, 5) is 49.0. The number of amides is 3. The van der Waals surface area contributed by atoms with E-state index >= 15 is 0 Å². The first kappa shape index (κ1) is 32.9. The van der Waals surface area contributed by atoms with Crippen molar-refractivity contribution in [2.24, 2.45) is 17.8 Å². The quantitative estimate of drug-likeness (QED) is 0.305. The molecule has 5 rings (SSSR count). The summed E-state index contributed by atoms with van der Waals surface area (Å²) in [6.45, 7) is 14.2. The van der Waals surface area contributed by atoms with Crippen LogP contribution in [0.1, 0.15) is 45.6 Å². The Balaban J connectivity index is 1.61. The molecule has 2 bridgehead atoms. The van der Waals surface area contributed by atoms with Gasteiger partial charge in [-0.15, -0.1) is 13.2 Å². The molecule has 3 aliphatic heterocycles. The Bertz CT molecular complexity index is 1450. The van der Waals surface area contributed by atoms with Crippen molar-refractivity contribution in [1.29, 1.82) is 0 Å². The number of halogens is 1. The predicted octanol–water partition coefficient (Wildman–Crippen LogP) is 5.25. The van der Waals surface area contributed by atoms with Gasteiger partial charge in [-0.05, 0) is 49.8 Å². The lowest BCUT2D eigenvalue weighted by molar-refractivity contribution is -0.152. The van der Waals surface area contributed by atoms with Crippen molar-refractivity contribution in [3.8, 4) is 0 Å². The summed E-state index contributed by atoms with van der Waals surface area (Å²) >= 11 is 6.60. The molecular formula is C36H44ClN3O5. The van der Waals surface area contributed by atoms with Gasteiger partial charge in [0.05, 0.1) is 40.8 Å². The minimum Gasteiger partial charge on any atom is -0.394 e. The average molecular weight is 634 g/mol. The highest BCUT2D eigenvalue weighted by molar-refractivity contribution is 6.34. The highest BCUT2D eigenvalue weighted by Crippen LogP contribution is 2.64. The van der Waals surface area contributed by atoms with Gasteiger partial charge in [0.25, 0.3) is 5.91 Å². The number of aliphatic hydroxyl groups excluding tert-OH is 1. The third-order valence-corrected chi connectivity index (χ3v) is 9.98. The van der Waals surface area contributed by atoms with Crippen LogP contribution in [-0.4, -0.2) is 75.6 Å². The summed E-state index contributed by atoms with van der Waals surface area (Å²) in [7, 11) is 0. The molecule has 3 fully saturated rings. The number of carbonyl (C=O) groups excluding carboxylic acids is 3. The maximum absolute atomic E-state index is 14.9. The van der Waals surface area contributed by atoms with Crippen LogP contribution in [0.3, 0.4) is 0 Å². The van der Waals surface area contributed by atoms with E-state index in [9.17, 15) is 19.5 Å². The molecule has 1 N–H and O–H groups in total. The van der Waals surface area contributed by atoms with E-state index in [-0.39, 0.29) is 36.8 Å². The lowest BCUT2D eigenvalue weighted by atomic mass is 9.66. The van der Waals surface area contributed by atoms with Crippen molar-refractivity contribution < 1.29 is 24.2 Å². The highest BCUT2D eigenvalue weighted by atomic mass is 35.5. The van der Waals surface area contributed by atoms with Gasteiger partial charge in [-0.2, -0.15) is 0 Å². The van der Waals surface area contributed by atoms with E-state index in [1.807, 2.05) is 51.1 Å². The summed E-state index contributed by atoms with van der Waals surface area (Å²) in [5.74, 6) is -2.46. The molecule has 0 saturated carbocycles. The molecule has 6 atom stereocenters. The fourth-order valence-corrected chi connectivity index (χ4v) is 8.11. The molecule has 3 amide bonds. The van der Waals surface area contributed by atoms with Gasteiger partial charge in [-0.1, -0.05) is 80.1 Å². The molecule has 8 nitrogen and oxygen atoms in total. The minimum atomic E-state index is -1.25. The monoisotopic (exact) mass is 633 g/mol. The van der Waals surface area contributed by atoms with Crippen LogP contribution in [0.15, 0.2) is 79.9 Å². The maximum atomic E-state index is 14.9. The second-order valence-electron chi connectivity index (χ2n) is 13.1. The third kappa shape index (κ3) is 5.73. The smallest absolute Gasteiger partial charge is 0.253 e. The van der Waals surface area contributed by atoms with Crippen molar-refractivity contribution in [1.82, 2.24) is 9.80 Å². The van der Waals surface area contributed by atoms with Crippen LogP contribution in [0.2, 0.25) is 5.02 Å². The second kappa shape index (κ2) is 13.1. The number of benzene rings is 2. The largest absolute Gasteiger partial charge is 0.394 e. The molecule has 2 aromatic rings. The molecule has 2 aromatic carbocycles. The topological polar surface area (TPSA) is 90.4 Å². The maximum Gasteiger partial charge on any atom is 0.253 e. The van der Waals surface area contributed by atoms with Gasteiger partial charge in [-0.25, -0.2) is 0 Å². The molecule has 0 aliphatic carbocycles. The van der Waals surface area contributed by atoms with Gasteiger partial charge in [0.1, 0.15) is 11.6 Å². The molecule has 3 aliphatic rings. The zero-order chi connectivity index (χ0) is 32.5. The van der Waals surface area contributed by atoms with Crippen LogP contribution in [0.25, 0.3) is 0 Å². The van der Waals surface area contributed by atoms with Crippen molar-refractivity contribution in [3.63, 3.8) is 0 Å². The van der Waals surface area contributed by atoms with E-state index in [0.717, 1.165) is 5.56 Å². The molecule has 0 aromatic heterocycles. The number of carbonyl (C=O) groups is 3. The lowest BCUT2D eigenvalue weighted by Crippen LogP contribution is -2.59. The normalized spacial score (nSPS) is 27.4. The van der Waals surface area contributed by atoms with Gasteiger partial charge in [0.15, 0.2) is 0 Å². The van der Waals surface area contributed by atoms with E-state index in [4.69, 9.17) is 16.3 Å². The Morgan fingerprint density at radius 2 is 1.73 bits per heavy atom. The average Bonchev–Trinajstić information content (AvgIpc) is 3.59. The molecule has 1 spiro atoms. The molecule has 3 heterocycles. The number of rotatable bonds is 13. The summed E-state index contributed by atoms with van der Waals surface area (Å²) in [5.41, 5.74) is -0.743. The molecule has 45 heavy (non-hydrogen) atoms. The SMILES string of the molecule is C=CCN(Cc1ccccc1)C(=O)[C@@H]1[C@H]2C(=O)N([C@@H](CO)CC(C)C)C(C(=O)N(CC=C)c3ccccc3Cl)C23CC[C@@]1(C)O3. The molecular weight excluding hydrogens is 590 g/mol. The number of aliphatic hydroxyl groups is 1. The Labute approximate surface area is 271 Å². The Morgan fingerprint density at radius 3 is 2.36 bits per heavy atom. The molecule has 9 heteroatoms. The first-order chi connectivity index (χ1) is 21.5. The number of hydrogen-bond donors (Lipinski definition) is 1. The Kier molecular flexibility index (Phi) is 9.59. The van der Waals surface area contributed by atoms with Gasteiger partial charge >= 0.3 is 0 Å². The zero-order valence-electron chi connectivity index (χ0n) is 26.4. The molecule has 3 saturated heterocycles. The molecule has 240 valence electrons. The van der Waals surface area contributed by atoms with Crippen molar-refractivity contribution >= 4 is 35.0 Å². The van der Waals surface area contributed by atoms with E-state index in [1.165, 1.54) is 4.90 Å². The summed E-state index contributed by atoms with van der Waals surface area (Å²) in [5, 5.41) is 11.0. The first-order valence-corrected chi connectivity index (χ1v) is 16.1. The lowest BCUT2D eigenvalue weighted by Gasteiger charge is -2.40. The van der Waals surface area contributed by atoms with Gasteiger partial charge in [0, 0.05) is 19.6 Å². The van der Waals surface area contributed by atoms with Crippen LogP contribution in [-0.2, 0) is 25.7 Å². The van der Waals surface area contributed by atoms with Gasteiger partial charge < -0.3 is 24.5 Å². The van der Waals surface area contributed by atoms with E-state index in [2.05, 4.69) is 13.2 Å². The number of ether oxygens (including phenoxy) is 1. The highest BCUT2D eigenvalue weighted by Gasteiger charge is 2.79. The van der Waals surface area contributed by atoms with Gasteiger partial charge in [0.2, 0.25) is 11.8 Å². The number of anilines is 1. The molecule has 2 unspecified atom stereocenters. The standard InChI is InChI=1S/C36H44ClN3O5/c1-6-19-38(22-25-13-9-8-10-14-25)32(42)29-30-33(43)40(26(23-41)21-24(3)4)31(36(30)18-17-35(29,5)45-36)34(44)39(20-7-2)28-16-12-11-15-27(28)37/h6-16,24,26,29-31,41H,1-2,17-23H2,3-5H3/t26-,29+,30+,31?,35-,36?/m1/s1. The van der Waals surface area contributed by atoms with Crippen LogP contribution in [0.5, 0.6) is 0 Å². The summed E-state index contributed by atoms with van der Waals surface area (Å²) in [6, 6.07) is 15.0. The zero-order valence-corrected chi connectivity index (χ0v) is 27.2. The van der Waals surface area contributed by atoms with E-state index in [0.29, 0.717) is 43.1 Å². The third-order valence-electron chi connectivity index (χ3n) is 9.66. The van der Waals surface area contributed by atoms with E-state index in [1.54, 1.807) is 46.2 Å². The summed E-state index contributed by atoms with van der Waals surface area (Å²) in [6.07, 6.45) is 4.73. The fourth-order valence-electron chi connectivity index (χ4n) is 7.88. The number of fused-ring (bicyclic) bond motifs is 1. The predicted molar refractivity (Wildman–Crippen MR) is 175 cm³/mol. The van der Waals surface area contributed by atoms with Crippen molar-refractivity contribution in [3.05, 3.63) is 90.5 Å². The Hall–Kier alpha value is -3.46. The minimum absolute atomic E-state index is 0.137. The van der Waals surface area contributed by atoms with Crippen LogP contribution < -0.4 is 4.90 Å². The number of nitrogens with zero attached hydrogens (tertiary/aromatic N) is 3. The van der Waals surface area contributed by atoms with Crippen molar-refractivity contribution in [2.45, 2.75) is 69.9 Å². The Morgan fingerprint density at radius 1 is 1.07 bits per heavy atom. The summed E-state index contributed by atoms with van der Waals surface area (Å²) < 4.78 is 6.89. The molecule has 0 radical (unpaired) electrons. The number of likely N-dealkylation sites (tertiary alicyclic amines) is 1. The number of para-hydroxylation sites is 1. The first-order valence-electron chi connectivity index (χ1n) is 15.8. The second-order valence-corrected chi connectivity index (χ2v) is 13.5. The number of hydrogen-bond acceptors (Lipinski definition) is 5. The van der Waals surface area contributed by atoms with E-state index < -0.39 is 35.1 Å². The van der Waals surface area contributed by atoms with Crippen molar-refractivity contribution in [2.75, 3.05) is 24.6 Å².